The molecule has 1 aliphatic heterocycles. The average Bonchev–Trinajstić information content (AvgIpc) is 2.79. The van der Waals surface area contributed by atoms with Crippen molar-refractivity contribution in [3.63, 3.8) is 0 Å². The van der Waals surface area contributed by atoms with Crippen molar-refractivity contribution in [1.82, 2.24) is 5.32 Å². The van der Waals surface area contributed by atoms with Crippen LogP contribution in [0.15, 0.2) is 18.2 Å². The van der Waals surface area contributed by atoms with Crippen LogP contribution >= 0.6 is 0 Å². The molecule has 0 spiro atoms. The summed E-state index contributed by atoms with van der Waals surface area (Å²) >= 11 is 0. The van der Waals surface area contributed by atoms with Crippen LogP contribution in [-0.4, -0.2) is 30.3 Å². The minimum Gasteiger partial charge on any atom is -0.490 e. The number of rotatable bonds is 4. The third-order valence-electron chi connectivity index (χ3n) is 2.89. The molecule has 0 amide bonds. The van der Waals surface area contributed by atoms with Gasteiger partial charge in [0, 0.05) is 18.5 Å². The van der Waals surface area contributed by atoms with Crippen LogP contribution in [0.3, 0.4) is 0 Å². The third-order valence-corrected chi connectivity index (χ3v) is 2.89. The SMILES string of the molecule is O=C(O)[C@@H]1C[C@H](COc2cc(F)ccc2F)CN1. The molecule has 0 saturated carbocycles. The molecule has 1 aromatic carbocycles. The Hall–Kier alpha value is -1.69. The van der Waals surface area contributed by atoms with Gasteiger partial charge in [0.1, 0.15) is 11.9 Å². The van der Waals surface area contributed by atoms with E-state index in [0.29, 0.717) is 13.0 Å². The van der Waals surface area contributed by atoms with E-state index in [0.717, 1.165) is 18.2 Å². The average molecular weight is 257 g/mol. The van der Waals surface area contributed by atoms with Crippen LogP contribution in [0.1, 0.15) is 6.42 Å². The number of carboxylic acids is 1. The van der Waals surface area contributed by atoms with Gasteiger partial charge in [-0.05, 0) is 18.6 Å². The molecule has 1 heterocycles. The lowest BCUT2D eigenvalue weighted by atomic mass is 10.1. The number of aliphatic carboxylic acids is 1. The summed E-state index contributed by atoms with van der Waals surface area (Å²) < 4.78 is 31.3. The van der Waals surface area contributed by atoms with Crippen LogP contribution in [0.5, 0.6) is 5.75 Å². The van der Waals surface area contributed by atoms with Crippen molar-refractivity contribution in [3.05, 3.63) is 29.8 Å². The molecule has 0 aliphatic carbocycles. The summed E-state index contributed by atoms with van der Waals surface area (Å²) in [7, 11) is 0. The van der Waals surface area contributed by atoms with Gasteiger partial charge in [0.25, 0.3) is 0 Å². The van der Waals surface area contributed by atoms with Crippen molar-refractivity contribution < 1.29 is 23.4 Å². The standard InChI is InChI=1S/C12H13F2NO3/c13-8-1-2-9(14)11(4-8)18-6-7-3-10(12(16)17)15-5-7/h1-2,4,7,10,15H,3,5-6H2,(H,16,17)/t7-,10-/m0/s1. The quantitative estimate of drug-likeness (QED) is 0.856. The van der Waals surface area contributed by atoms with Gasteiger partial charge >= 0.3 is 5.97 Å². The summed E-state index contributed by atoms with van der Waals surface area (Å²) in [5.41, 5.74) is 0. The van der Waals surface area contributed by atoms with E-state index in [2.05, 4.69) is 5.32 Å². The molecule has 1 fully saturated rings. The number of ether oxygens (including phenoxy) is 1. The summed E-state index contributed by atoms with van der Waals surface area (Å²) in [5, 5.41) is 11.6. The first-order valence-electron chi connectivity index (χ1n) is 5.60. The molecule has 18 heavy (non-hydrogen) atoms. The van der Waals surface area contributed by atoms with E-state index in [1.54, 1.807) is 0 Å². The van der Waals surface area contributed by atoms with Gasteiger partial charge in [-0.2, -0.15) is 0 Å². The Balaban J connectivity index is 1.89. The van der Waals surface area contributed by atoms with Crippen LogP contribution < -0.4 is 10.1 Å². The first kappa shape index (κ1) is 12.8. The lowest BCUT2D eigenvalue weighted by Gasteiger charge is -2.11. The summed E-state index contributed by atoms with van der Waals surface area (Å²) in [5.74, 6) is -2.27. The third kappa shape index (κ3) is 2.95. The van der Waals surface area contributed by atoms with Gasteiger partial charge in [-0.3, -0.25) is 4.79 Å². The highest BCUT2D eigenvalue weighted by Crippen LogP contribution is 2.21. The van der Waals surface area contributed by atoms with E-state index in [-0.39, 0.29) is 18.3 Å². The Morgan fingerprint density at radius 3 is 2.94 bits per heavy atom. The van der Waals surface area contributed by atoms with Crippen LogP contribution in [0.4, 0.5) is 8.78 Å². The van der Waals surface area contributed by atoms with Crippen molar-refractivity contribution in [3.8, 4) is 5.75 Å². The second kappa shape index (κ2) is 5.30. The Morgan fingerprint density at radius 2 is 2.28 bits per heavy atom. The molecule has 0 bridgehead atoms. The zero-order valence-electron chi connectivity index (χ0n) is 9.53. The fourth-order valence-electron chi connectivity index (χ4n) is 1.92. The normalized spacial score (nSPS) is 23.0. The summed E-state index contributed by atoms with van der Waals surface area (Å²) in [6.45, 7) is 0.658. The van der Waals surface area contributed by atoms with Gasteiger partial charge < -0.3 is 15.2 Å². The fraction of sp³-hybridized carbons (Fsp3) is 0.417. The first-order chi connectivity index (χ1) is 8.56. The van der Waals surface area contributed by atoms with Crippen molar-refractivity contribution in [1.29, 1.82) is 0 Å². The van der Waals surface area contributed by atoms with Gasteiger partial charge in [-0.15, -0.1) is 0 Å². The minimum absolute atomic E-state index is 0.0197. The smallest absolute Gasteiger partial charge is 0.320 e. The van der Waals surface area contributed by atoms with Gasteiger partial charge in [0.15, 0.2) is 11.6 Å². The molecule has 2 N–H and O–H groups in total. The molecule has 98 valence electrons. The molecule has 2 rings (SSSR count). The highest BCUT2D eigenvalue weighted by molar-refractivity contribution is 5.73. The molecule has 0 aromatic heterocycles. The maximum Gasteiger partial charge on any atom is 0.320 e. The summed E-state index contributed by atoms with van der Waals surface area (Å²) in [6, 6.07) is 2.40. The van der Waals surface area contributed by atoms with Crippen molar-refractivity contribution in [2.75, 3.05) is 13.2 Å². The fourth-order valence-corrected chi connectivity index (χ4v) is 1.92. The monoisotopic (exact) mass is 257 g/mol. The predicted molar refractivity (Wildman–Crippen MR) is 59.4 cm³/mol. The highest BCUT2D eigenvalue weighted by atomic mass is 19.1. The van der Waals surface area contributed by atoms with Gasteiger partial charge in [-0.25, -0.2) is 8.78 Å². The number of halogens is 2. The largest absolute Gasteiger partial charge is 0.490 e. The van der Waals surface area contributed by atoms with Crippen LogP contribution in [0, 0.1) is 17.6 Å². The molecule has 1 aliphatic rings. The van der Waals surface area contributed by atoms with E-state index in [9.17, 15) is 13.6 Å². The minimum atomic E-state index is -0.908. The number of benzene rings is 1. The van der Waals surface area contributed by atoms with E-state index in [1.807, 2.05) is 0 Å². The molecule has 0 radical (unpaired) electrons. The number of carbonyl (C=O) groups is 1. The number of hydrogen-bond acceptors (Lipinski definition) is 3. The zero-order chi connectivity index (χ0) is 13.1. The van der Waals surface area contributed by atoms with Gasteiger partial charge in [-0.1, -0.05) is 0 Å². The molecule has 1 saturated heterocycles. The van der Waals surface area contributed by atoms with Crippen LogP contribution in [0.25, 0.3) is 0 Å². The maximum atomic E-state index is 13.2. The summed E-state index contributed by atoms with van der Waals surface area (Å²) in [6.07, 6.45) is 0.423. The summed E-state index contributed by atoms with van der Waals surface area (Å²) in [4.78, 5) is 10.7. The number of hydrogen-bond donors (Lipinski definition) is 2. The van der Waals surface area contributed by atoms with Gasteiger partial charge in [0.2, 0.25) is 0 Å². The zero-order valence-corrected chi connectivity index (χ0v) is 9.53. The Morgan fingerprint density at radius 1 is 1.50 bits per heavy atom. The Kier molecular flexibility index (Phi) is 3.76. The molecule has 6 heteroatoms. The van der Waals surface area contributed by atoms with Crippen LogP contribution in [-0.2, 0) is 4.79 Å². The molecule has 2 atom stereocenters. The lowest BCUT2D eigenvalue weighted by Crippen LogP contribution is -2.29. The second-order valence-corrected chi connectivity index (χ2v) is 4.29. The van der Waals surface area contributed by atoms with Crippen LogP contribution in [0.2, 0.25) is 0 Å². The van der Waals surface area contributed by atoms with E-state index in [4.69, 9.17) is 9.84 Å². The maximum absolute atomic E-state index is 13.2. The first-order valence-corrected chi connectivity index (χ1v) is 5.60. The van der Waals surface area contributed by atoms with Crippen molar-refractivity contribution in [2.24, 2.45) is 5.92 Å². The highest BCUT2D eigenvalue weighted by Gasteiger charge is 2.29. The van der Waals surface area contributed by atoms with E-state index < -0.39 is 23.6 Å². The lowest BCUT2D eigenvalue weighted by molar-refractivity contribution is -0.139. The number of carboxylic acid groups (broad SMARTS) is 1. The van der Waals surface area contributed by atoms with E-state index in [1.165, 1.54) is 0 Å². The predicted octanol–water partition coefficient (Wildman–Crippen LogP) is 1.41. The number of nitrogens with one attached hydrogen (secondary N) is 1. The van der Waals surface area contributed by atoms with Crippen molar-refractivity contribution >= 4 is 5.97 Å². The van der Waals surface area contributed by atoms with Gasteiger partial charge in [0.05, 0.1) is 6.61 Å². The Labute approximate surface area is 103 Å². The molecule has 0 unspecified atom stereocenters. The Bertz CT molecular complexity index is 453. The topological polar surface area (TPSA) is 58.6 Å². The molecule has 1 aromatic rings. The second-order valence-electron chi connectivity index (χ2n) is 4.29. The molecular formula is C12H13F2NO3. The molecular weight excluding hydrogens is 244 g/mol. The van der Waals surface area contributed by atoms with Crippen molar-refractivity contribution in [2.45, 2.75) is 12.5 Å². The van der Waals surface area contributed by atoms with E-state index >= 15 is 0 Å². The molecule has 4 nitrogen and oxygen atoms in total.